The molecule has 1 aromatic rings. The van der Waals surface area contributed by atoms with Gasteiger partial charge in [0.15, 0.2) is 0 Å². The van der Waals surface area contributed by atoms with Crippen molar-refractivity contribution in [2.75, 3.05) is 46.2 Å². The van der Waals surface area contributed by atoms with E-state index in [-0.39, 0.29) is 51.8 Å². The molecule has 0 saturated carbocycles. The van der Waals surface area contributed by atoms with Crippen LogP contribution in [0.5, 0.6) is 5.75 Å². The Kier molecular flexibility index (Phi) is 72.0. The molecule has 0 aliphatic carbocycles. The van der Waals surface area contributed by atoms with Gasteiger partial charge in [0.05, 0.1) is 11.8 Å². The van der Waals surface area contributed by atoms with Gasteiger partial charge in [0.1, 0.15) is 5.75 Å². The maximum atomic E-state index is 10.8. The smallest absolute Gasteiger partial charge is 0.334 e. The Morgan fingerprint density at radius 2 is 1.02 bits per heavy atom. The van der Waals surface area contributed by atoms with Gasteiger partial charge in [-0.2, -0.15) is 0 Å². The van der Waals surface area contributed by atoms with E-state index in [0.717, 1.165) is 12.8 Å². The summed E-state index contributed by atoms with van der Waals surface area (Å²) in [5.41, 5.74) is 0.143. The Hall–Kier alpha value is -2.25. The second-order valence-electron chi connectivity index (χ2n) is 7.09. The predicted octanol–water partition coefficient (Wildman–Crippen LogP) is 3.97. The SMILES string of the molecule is CCCCC(C)(OC=C(C)C(=O)O)Oc1ccccc1.CCO.CCO.CCO.CCO.CCO.CCO.CCO. The maximum absolute atomic E-state index is 10.8. The van der Waals surface area contributed by atoms with Gasteiger partial charge in [0, 0.05) is 59.6 Å². The van der Waals surface area contributed by atoms with Crippen LogP contribution in [0.25, 0.3) is 0 Å². The Morgan fingerprint density at radius 3 is 1.29 bits per heavy atom. The average Bonchev–Trinajstić information content (AvgIpc) is 2.90. The highest BCUT2D eigenvalue weighted by Gasteiger charge is 2.27. The van der Waals surface area contributed by atoms with Crippen LogP contribution in [0, 0.1) is 0 Å². The molecule has 11 nitrogen and oxygen atoms in total. The molecule has 0 radical (unpaired) electrons. The number of aliphatic hydroxyl groups excluding tert-OH is 7. The van der Waals surface area contributed by atoms with E-state index >= 15 is 0 Å². The van der Waals surface area contributed by atoms with E-state index in [0.29, 0.717) is 12.2 Å². The number of carboxylic acid groups (broad SMARTS) is 1. The van der Waals surface area contributed by atoms with Crippen LogP contribution in [0.4, 0.5) is 0 Å². The molecule has 0 spiro atoms. The zero-order chi connectivity index (χ0) is 34.0. The number of carboxylic acids is 1. The van der Waals surface area contributed by atoms with Crippen LogP contribution in [-0.4, -0.2) is 98.9 Å². The molecule has 0 fully saturated rings. The number of benzene rings is 1. The van der Waals surface area contributed by atoms with Gasteiger partial charge in [0.2, 0.25) is 5.79 Å². The zero-order valence-corrected chi connectivity index (χ0v) is 27.3. The summed E-state index contributed by atoms with van der Waals surface area (Å²) >= 11 is 0. The van der Waals surface area contributed by atoms with E-state index in [1.807, 2.05) is 37.3 Å². The second kappa shape index (κ2) is 53.9. The third-order valence-corrected chi connectivity index (χ3v) is 2.88. The summed E-state index contributed by atoms with van der Waals surface area (Å²) in [6.07, 6.45) is 3.88. The van der Waals surface area contributed by atoms with E-state index in [1.54, 1.807) is 48.5 Å². The highest BCUT2D eigenvalue weighted by Crippen LogP contribution is 2.25. The standard InChI is InChI=1S/C16H22O4.7C2H6O/c1-4-5-11-16(3,19-12-13(2)15(17)18)20-14-9-7-6-8-10-14;7*1-2-3/h6-10,12H,4-5,11H2,1-3H3,(H,17,18);7*3H,2H2,1H3. The fourth-order valence-corrected chi connectivity index (χ4v) is 1.63. The number of rotatable bonds is 8. The third-order valence-electron chi connectivity index (χ3n) is 2.88. The lowest BCUT2D eigenvalue weighted by atomic mass is 10.1. The molecule has 250 valence electrons. The van der Waals surface area contributed by atoms with Gasteiger partial charge in [-0.25, -0.2) is 4.79 Å². The van der Waals surface area contributed by atoms with E-state index in [1.165, 1.54) is 13.2 Å². The minimum atomic E-state index is -0.998. The summed E-state index contributed by atoms with van der Waals surface area (Å²) < 4.78 is 11.5. The lowest BCUT2D eigenvalue weighted by Gasteiger charge is -2.30. The number of carbonyl (C=O) groups is 1. The fraction of sp³-hybridized carbons (Fsp3) is 0.700. The van der Waals surface area contributed by atoms with Gasteiger partial charge in [-0.15, -0.1) is 0 Å². The molecule has 11 heteroatoms. The first-order valence-electron chi connectivity index (χ1n) is 13.9. The quantitative estimate of drug-likeness (QED) is 0.122. The lowest BCUT2D eigenvalue weighted by molar-refractivity contribution is -0.140. The molecule has 1 aromatic carbocycles. The fourth-order valence-electron chi connectivity index (χ4n) is 1.63. The minimum absolute atomic E-state index is 0.143. The first-order chi connectivity index (χ1) is 19.4. The molecule has 0 aliphatic heterocycles. The average molecular weight is 601 g/mol. The minimum Gasteiger partial charge on any atom is -0.478 e. The Morgan fingerprint density at radius 1 is 0.707 bits per heavy atom. The number of aliphatic carboxylic acids is 1. The Labute approximate surface area is 249 Å². The van der Waals surface area contributed by atoms with Crippen LogP contribution in [0.1, 0.15) is 88.5 Å². The van der Waals surface area contributed by atoms with E-state index in [4.69, 9.17) is 50.3 Å². The van der Waals surface area contributed by atoms with Crippen molar-refractivity contribution in [2.24, 2.45) is 0 Å². The van der Waals surface area contributed by atoms with Crippen molar-refractivity contribution in [3.05, 3.63) is 42.2 Å². The molecule has 8 N–H and O–H groups in total. The van der Waals surface area contributed by atoms with Crippen molar-refractivity contribution in [1.82, 2.24) is 0 Å². The summed E-state index contributed by atoms with van der Waals surface area (Å²) in [5, 5.41) is 61.8. The number of hydrogen-bond acceptors (Lipinski definition) is 10. The molecule has 0 saturated heterocycles. The van der Waals surface area contributed by atoms with Gasteiger partial charge in [0.25, 0.3) is 0 Å². The molecule has 0 aliphatic rings. The summed E-state index contributed by atoms with van der Waals surface area (Å²) in [7, 11) is 0. The van der Waals surface area contributed by atoms with Gasteiger partial charge < -0.3 is 50.3 Å². The van der Waals surface area contributed by atoms with Crippen molar-refractivity contribution in [2.45, 2.75) is 94.3 Å². The van der Waals surface area contributed by atoms with E-state index in [9.17, 15) is 4.79 Å². The largest absolute Gasteiger partial charge is 0.478 e. The molecule has 1 atom stereocenters. The monoisotopic (exact) mass is 600 g/mol. The normalized spacial score (nSPS) is 10.1. The van der Waals surface area contributed by atoms with Crippen LogP contribution in [-0.2, 0) is 9.53 Å². The van der Waals surface area contributed by atoms with Gasteiger partial charge in [-0.3, -0.25) is 0 Å². The summed E-state index contributed by atoms with van der Waals surface area (Å²) in [6.45, 7) is 18.9. The van der Waals surface area contributed by atoms with Gasteiger partial charge in [-0.05, 0) is 73.9 Å². The number of para-hydroxylation sites is 1. The van der Waals surface area contributed by atoms with Crippen molar-refractivity contribution >= 4 is 5.97 Å². The van der Waals surface area contributed by atoms with Crippen molar-refractivity contribution < 1.29 is 55.1 Å². The molecule has 0 heterocycles. The zero-order valence-electron chi connectivity index (χ0n) is 27.3. The molecule has 1 rings (SSSR count). The predicted molar refractivity (Wildman–Crippen MR) is 167 cm³/mol. The highest BCUT2D eigenvalue weighted by atomic mass is 16.7. The Bertz CT molecular complexity index is 551. The molecule has 1 unspecified atom stereocenters. The molecular weight excluding hydrogens is 536 g/mol. The summed E-state index contributed by atoms with van der Waals surface area (Å²) in [6, 6.07) is 9.37. The van der Waals surface area contributed by atoms with Crippen LogP contribution < -0.4 is 4.74 Å². The number of aliphatic hydroxyl groups is 7. The van der Waals surface area contributed by atoms with Crippen LogP contribution in [0.15, 0.2) is 42.2 Å². The van der Waals surface area contributed by atoms with Crippen LogP contribution >= 0.6 is 0 Å². The molecule has 41 heavy (non-hydrogen) atoms. The van der Waals surface area contributed by atoms with E-state index in [2.05, 4.69) is 6.92 Å². The summed E-state index contributed by atoms with van der Waals surface area (Å²) in [4.78, 5) is 10.8. The molecular formula is C30H64O11. The van der Waals surface area contributed by atoms with Crippen molar-refractivity contribution in [3.63, 3.8) is 0 Å². The van der Waals surface area contributed by atoms with Crippen molar-refractivity contribution in [1.29, 1.82) is 0 Å². The van der Waals surface area contributed by atoms with Gasteiger partial charge >= 0.3 is 5.97 Å². The third kappa shape index (κ3) is 72.8. The van der Waals surface area contributed by atoms with Crippen molar-refractivity contribution in [3.8, 4) is 5.75 Å². The number of unbranched alkanes of at least 4 members (excludes halogenated alkanes) is 1. The number of hydrogen-bond donors (Lipinski definition) is 8. The number of ether oxygens (including phenoxy) is 2. The lowest BCUT2D eigenvalue weighted by Crippen LogP contribution is -2.34. The Balaban J connectivity index is -0.0000000898. The van der Waals surface area contributed by atoms with E-state index < -0.39 is 11.8 Å². The molecule has 0 bridgehead atoms. The summed E-state index contributed by atoms with van der Waals surface area (Å²) in [5.74, 6) is -1.16. The van der Waals surface area contributed by atoms with Gasteiger partial charge in [-0.1, -0.05) is 31.5 Å². The first-order valence-corrected chi connectivity index (χ1v) is 13.9. The van der Waals surface area contributed by atoms with Crippen LogP contribution in [0.2, 0.25) is 0 Å². The molecule has 0 aromatic heterocycles. The second-order valence-corrected chi connectivity index (χ2v) is 7.09. The van der Waals surface area contributed by atoms with Crippen LogP contribution in [0.3, 0.4) is 0 Å². The maximum Gasteiger partial charge on any atom is 0.334 e. The topological polar surface area (TPSA) is 197 Å². The first kappa shape index (κ1) is 54.8. The molecule has 0 amide bonds. The highest BCUT2D eigenvalue weighted by molar-refractivity contribution is 5.85.